The summed E-state index contributed by atoms with van der Waals surface area (Å²) in [6.07, 6.45) is 3.75. The van der Waals surface area contributed by atoms with Crippen molar-refractivity contribution in [1.82, 2.24) is 10.3 Å². The molecular weight excluding hydrogens is 252 g/mol. The molecule has 1 unspecified atom stereocenters. The van der Waals surface area contributed by atoms with Crippen LogP contribution >= 0.6 is 11.3 Å². The number of hydrogen-bond donors (Lipinski definition) is 1. The first-order valence-corrected chi connectivity index (χ1v) is 7.94. The number of thiazole rings is 1. The average molecular weight is 272 g/mol. The van der Waals surface area contributed by atoms with Gasteiger partial charge in [0, 0.05) is 24.4 Å². The quantitative estimate of drug-likeness (QED) is 0.866. The second-order valence-electron chi connectivity index (χ2n) is 5.41. The van der Waals surface area contributed by atoms with Crippen molar-refractivity contribution in [3.05, 3.63) is 52.0 Å². The Hall–Kier alpha value is -1.19. The summed E-state index contributed by atoms with van der Waals surface area (Å²) in [5, 5.41) is 5.86. The number of aryl methyl sites for hydroxylation is 1. The fourth-order valence-electron chi connectivity index (χ4n) is 2.48. The molecule has 100 valence electrons. The summed E-state index contributed by atoms with van der Waals surface area (Å²) in [6, 6.07) is 9.50. The molecule has 0 radical (unpaired) electrons. The molecule has 1 atom stereocenters. The maximum absolute atomic E-state index is 4.34. The smallest absolute Gasteiger partial charge is 0.0794 e. The molecule has 0 saturated heterocycles. The molecule has 1 fully saturated rings. The third-order valence-corrected chi connectivity index (χ3v) is 4.39. The van der Waals surface area contributed by atoms with Crippen LogP contribution in [0.1, 0.15) is 35.7 Å². The summed E-state index contributed by atoms with van der Waals surface area (Å²) in [5.74, 6) is 0.832. The van der Waals surface area contributed by atoms with Crippen molar-refractivity contribution in [2.24, 2.45) is 5.92 Å². The van der Waals surface area contributed by atoms with Gasteiger partial charge in [-0.15, -0.1) is 11.3 Å². The van der Waals surface area contributed by atoms with Crippen LogP contribution in [0.15, 0.2) is 35.2 Å². The Morgan fingerprint density at radius 3 is 2.74 bits per heavy atom. The van der Waals surface area contributed by atoms with Crippen LogP contribution < -0.4 is 5.32 Å². The number of nitrogens with one attached hydrogen (secondary N) is 1. The molecule has 2 aromatic rings. The van der Waals surface area contributed by atoms with E-state index in [4.69, 9.17) is 0 Å². The average Bonchev–Trinajstić information content (AvgIpc) is 3.13. The van der Waals surface area contributed by atoms with Gasteiger partial charge in [-0.3, -0.25) is 0 Å². The van der Waals surface area contributed by atoms with E-state index in [0.717, 1.165) is 18.9 Å². The van der Waals surface area contributed by atoms with E-state index in [-0.39, 0.29) is 0 Å². The Morgan fingerprint density at radius 1 is 1.32 bits per heavy atom. The van der Waals surface area contributed by atoms with Gasteiger partial charge in [-0.2, -0.15) is 0 Å². The fourth-order valence-corrected chi connectivity index (χ4v) is 3.07. The number of aromatic nitrogens is 1. The normalized spacial score (nSPS) is 16.5. The zero-order chi connectivity index (χ0) is 13.1. The molecule has 0 amide bonds. The van der Waals surface area contributed by atoms with E-state index in [1.54, 1.807) is 11.3 Å². The van der Waals surface area contributed by atoms with Crippen LogP contribution in [0.25, 0.3) is 0 Å². The van der Waals surface area contributed by atoms with E-state index in [1.807, 2.05) is 5.51 Å². The number of hydrogen-bond acceptors (Lipinski definition) is 3. The Bertz CT molecular complexity index is 500. The molecule has 1 saturated carbocycles. The summed E-state index contributed by atoms with van der Waals surface area (Å²) in [5.41, 5.74) is 5.89. The lowest BCUT2D eigenvalue weighted by Gasteiger charge is -2.18. The van der Waals surface area contributed by atoms with E-state index in [9.17, 15) is 0 Å². The predicted molar refractivity (Wildman–Crippen MR) is 80.5 cm³/mol. The van der Waals surface area contributed by atoms with Gasteiger partial charge in [-0.25, -0.2) is 4.98 Å². The van der Waals surface area contributed by atoms with Gasteiger partial charge in [0.25, 0.3) is 0 Å². The highest BCUT2D eigenvalue weighted by atomic mass is 32.1. The van der Waals surface area contributed by atoms with Gasteiger partial charge in [0.15, 0.2) is 0 Å². The third-order valence-electron chi connectivity index (χ3n) is 3.76. The van der Waals surface area contributed by atoms with Crippen molar-refractivity contribution in [3.8, 4) is 0 Å². The molecular formula is C16H20N2S. The highest BCUT2D eigenvalue weighted by Gasteiger charge is 2.31. The molecule has 2 nitrogen and oxygen atoms in total. The molecule has 3 heteroatoms. The maximum atomic E-state index is 4.34. The minimum atomic E-state index is 0.527. The first-order chi connectivity index (χ1) is 9.33. The zero-order valence-electron chi connectivity index (χ0n) is 11.3. The highest BCUT2D eigenvalue weighted by molar-refractivity contribution is 7.07. The van der Waals surface area contributed by atoms with Gasteiger partial charge >= 0.3 is 0 Å². The second-order valence-corrected chi connectivity index (χ2v) is 6.13. The van der Waals surface area contributed by atoms with Gasteiger partial charge in [0.2, 0.25) is 0 Å². The van der Waals surface area contributed by atoms with Crippen LogP contribution in [0.3, 0.4) is 0 Å². The minimum absolute atomic E-state index is 0.527. The summed E-state index contributed by atoms with van der Waals surface area (Å²) in [6.45, 7) is 3.16. The van der Waals surface area contributed by atoms with Crippen LogP contribution in [0.5, 0.6) is 0 Å². The van der Waals surface area contributed by atoms with Gasteiger partial charge < -0.3 is 5.32 Å². The maximum Gasteiger partial charge on any atom is 0.0794 e. The van der Waals surface area contributed by atoms with Crippen molar-refractivity contribution >= 4 is 11.3 Å². The van der Waals surface area contributed by atoms with Crippen molar-refractivity contribution in [1.29, 1.82) is 0 Å². The van der Waals surface area contributed by atoms with E-state index in [0.29, 0.717) is 6.04 Å². The SMILES string of the molecule is Cc1ccc(C(NCCc2cscn2)C2CC2)cc1. The number of rotatable bonds is 6. The van der Waals surface area contributed by atoms with Crippen LogP contribution in [-0.2, 0) is 6.42 Å². The number of nitrogens with zero attached hydrogens (tertiary/aromatic N) is 1. The Labute approximate surface area is 118 Å². The van der Waals surface area contributed by atoms with Gasteiger partial charge in [0.05, 0.1) is 11.2 Å². The molecule has 1 aliphatic carbocycles. The van der Waals surface area contributed by atoms with Crippen LogP contribution in [0, 0.1) is 12.8 Å². The largest absolute Gasteiger partial charge is 0.309 e. The van der Waals surface area contributed by atoms with Crippen molar-refractivity contribution in [3.63, 3.8) is 0 Å². The summed E-state index contributed by atoms with van der Waals surface area (Å²) < 4.78 is 0. The molecule has 1 N–H and O–H groups in total. The van der Waals surface area contributed by atoms with Crippen LogP contribution in [0.2, 0.25) is 0 Å². The van der Waals surface area contributed by atoms with E-state index < -0.39 is 0 Å². The third kappa shape index (κ3) is 3.43. The molecule has 0 aliphatic heterocycles. The van der Waals surface area contributed by atoms with Gasteiger partial charge in [0.1, 0.15) is 0 Å². The summed E-state index contributed by atoms with van der Waals surface area (Å²) in [4.78, 5) is 4.34. The number of benzene rings is 1. The lowest BCUT2D eigenvalue weighted by atomic mass is 10.0. The molecule has 0 bridgehead atoms. The fraction of sp³-hybridized carbons (Fsp3) is 0.438. The Balaban J connectivity index is 1.60. The van der Waals surface area contributed by atoms with E-state index in [2.05, 4.69) is 46.9 Å². The lowest BCUT2D eigenvalue weighted by molar-refractivity contribution is 0.483. The molecule has 1 aromatic heterocycles. The topological polar surface area (TPSA) is 24.9 Å². The minimum Gasteiger partial charge on any atom is -0.309 e. The first kappa shape index (κ1) is 12.8. The molecule has 19 heavy (non-hydrogen) atoms. The second kappa shape index (κ2) is 5.85. The van der Waals surface area contributed by atoms with E-state index in [1.165, 1.54) is 29.7 Å². The summed E-state index contributed by atoms with van der Waals surface area (Å²) >= 11 is 1.68. The Morgan fingerprint density at radius 2 is 2.11 bits per heavy atom. The molecule has 0 spiro atoms. The Kier molecular flexibility index (Phi) is 3.95. The zero-order valence-corrected chi connectivity index (χ0v) is 12.1. The lowest BCUT2D eigenvalue weighted by Crippen LogP contribution is -2.25. The summed E-state index contributed by atoms with van der Waals surface area (Å²) in [7, 11) is 0. The first-order valence-electron chi connectivity index (χ1n) is 7.00. The van der Waals surface area contributed by atoms with Gasteiger partial charge in [-0.05, 0) is 31.2 Å². The molecule has 1 heterocycles. The molecule has 3 rings (SSSR count). The predicted octanol–water partition coefficient (Wildman–Crippen LogP) is 3.73. The standard InChI is InChI=1S/C16H20N2S/c1-12-2-4-13(5-3-12)16(14-6-7-14)17-9-8-15-10-19-11-18-15/h2-5,10-11,14,16-17H,6-9H2,1H3. The highest BCUT2D eigenvalue weighted by Crippen LogP contribution is 2.40. The van der Waals surface area contributed by atoms with Crippen molar-refractivity contribution in [2.45, 2.75) is 32.2 Å². The molecule has 1 aliphatic rings. The van der Waals surface area contributed by atoms with Crippen molar-refractivity contribution < 1.29 is 0 Å². The van der Waals surface area contributed by atoms with Gasteiger partial charge in [-0.1, -0.05) is 29.8 Å². The van der Waals surface area contributed by atoms with Crippen LogP contribution in [-0.4, -0.2) is 11.5 Å². The van der Waals surface area contributed by atoms with Crippen molar-refractivity contribution in [2.75, 3.05) is 6.54 Å². The monoisotopic (exact) mass is 272 g/mol. The van der Waals surface area contributed by atoms with Crippen LogP contribution in [0.4, 0.5) is 0 Å². The van der Waals surface area contributed by atoms with E-state index >= 15 is 0 Å². The molecule has 1 aromatic carbocycles.